The molecule has 1 amide bonds. The topological polar surface area (TPSA) is 57.7 Å². The van der Waals surface area contributed by atoms with Gasteiger partial charge in [-0.25, -0.2) is 12.7 Å². The van der Waals surface area contributed by atoms with Crippen LogP contribution in [0.3, 0.4) is 0 Å². The molecule has 0 spiro atoms. The number of hydrogen-bond acceptors (Lipinski definition) is 3. The summed E-state index contributed by atoms with van der Waals surface area (Å²) < 4.78 is 27.0. The van der Waals surface area contributed by atoms with Crippen LogP contribution in [-0.4, -0.2) is 50.2 Å². The summed E-state index contributed by atoms with van der Waals surface area (Å²) in [6.45, 7) is 0.504. The standard InChI is InChI=1S/C18H26N2O3S/c1-19(24(22,23)13-15-7-4-3-5-8-15)14-18-11-6-9-16(18)20(2)17(21)10-12-18/h3-5,7-8,16H,6,9-14H2,1-2H3. The van der Waals surface area contributed by atoms with Crippen LogP contribution in [-0.2, 0) is 20.6 Å². The van der Waals surface area contributed by atoms with Crippen molar-refractivity contribution >= 4 is 15.9 Å². The molecular formula is C18H26N2O3S. The van der Waals surface area contributed by atoms with Crippen LogP contribution in [0.2, 0.25) is 0 Å². The number of sulfonamides is 1. The maximum absolute atomic E-state index is 12.8. The molecule has 1 aromatic carbocycles. The summed E-state index contributed by atoms with van der Waals surface area (Å²) in [5.41, 5.74) is 0.724. The first kappa shape index (κ1) is 17.4. The second-order valence-electron chi connectivity index (χ2n) is 7.27. The zero-order chi connectivity index (χ0) is 17.4. The molecule has 1 aliphatic heterocycles. The van der Waals surface area contributed by atoms with Crippen LogP contribution in [0.15, 0.2) is 30.3 Å². The van der Waals surface area contributed by atoms with Crippen LogP contribution in [0.5, 0.6) is 0 Å². The van der Waals surface area contributed by atoms with Gasteiger partial charge in [0.15, 0.2) is 0 Å². The van der Waals surface area contributed by atoms with Crippen molar-refractivity contribution < 1.29 is 13.2 Å². The van der Waals surface area contributed by atoms with Gasteiger partial charge in [-0.3, -0.25) is 4.79 Å². The minimum atomic E-state index is -3.36. The summed E-state index contributed by atoms with van der Waals surface area (Å²) in [5, 5.41) is 0. The predicted octanol–water partition coefficient (Wildman–Crippen LogP) is 2.24. The molecule has 1 aliphatic carbocycles. The first-order chi connectivity index (χ1) is 11.3. The molecule has 2 unspecified atom stereocenters. The number of nitrogens with zero attached hydrogens (tertiary/aromatic N) is 2. The van der Waals surface area contributed by atoms with E-state index in [0.717, 1.165) is 31.2 Å². The summed E-state index contributed by atoms with van der Waals surface area (Å²) in [7, 11) is 0.187. The molecule has 1 aromatic rings. The molecule has 24 heavy (non-hydrogen) atoms. The molecule has 6 heteroatoms. The molecule has 2 atom stereocenters. The van der Waals surface area contributed by atoms with Gasteiger partial charge in [0, 0.05) is 38.5 Å². The number of amides is 1. The van der Waals surface area contributed by atoms with Gasteiger partial charge in [0.2, 0.25) is 15.9 Å². The van der Waals surface area contributed by atoms with Crippen molar-refractivity contribution in [2.75, 3.05) is 20.6 Å². The first-order valence-corrected chi connectivity index (χ1v) is 10.2. The molecule has 3 rings (SSSR count). The number of carbonyl (C=O) groups is 1. The third-order valence-electron chi connectivity index (χ3n) is 5.76. The fraction of sp³-hybridized carbons (Fsp3) is 0.611. The Hall–Kier alpha value is -1.40. The minimum absolute atomic E-state index is 0.0276. The van der Waals surface area contributed by atoms with Gasteiger partial charge in [0.05, 0.1) is 5.75 Å². The van der Waals surface area contributed by atoms with Crippen molar-refractivity contribution in [3.8, 4) is 0 Å². The fourth-order valence-electron chi connectivity index (χ4n) is 4.42. The second-order valence-corrected chi connectivity index (χ2v) is 9.35. The van der Waals surface area contributed by atoms with Crippen molar-refractivity contribution in [2.45, 2.75) is 43.9 Å². The lowest BCUT2D eigenvalue weighted by Crippen LogP contribution is -2.54. The zero-order valence-corrected chi connectivity index (χ0v) is 15.3. The molecule has 132 valence electrons. The van der Waals surface area contributed by atoms with E-state index in [1.54, 1.807) is 7.05 Å². The van der Waals surface area contributed by atoms with Gasteiger partial charge in [0.1, 0.15) is 0 Å². The summed E-state index contributed by atoms with van der Waals surface area (Å²) >= 11 is 0. The first-order valence-electron chi connectivity index (χ1n) is 8.58. The average Bonchev–Trinajstić information content (AvgIpc) is 2.96. The monoisotopic (exact) mass is 350 g/mol. The number of likely N-dealkylation sites (tertiary alicyclic amines) is 1. The van der Waals surface area contributed by atoms with E-state index >= 15 is 0 Å². The van der Waals surface area contributed by atoms with Gasteiger partial charge in [-0.15, -0.1) is 0 Å². The Balaban J connectivity index is 1.76. The van der Waals surface area contributed by atoms with Crippen molar-refractivity contribution in [3.05, 3.63) is 35.9 Å². The lowest BCUT2D eigenvalue weighted by atomic mass is 9.75. The van der Waals surface area contributed by atoms with E-state index in [4.69, 9.17) is 0 Å². The Morgan fingerprint density at radius 1 is 1.25 bits per heavy atom. The minimum Gasteiger partial charge on any atom is -0.342 e. The van der Waals surface area contributed by atoms with E-state index in [0.29, 0.717) is 13.0 Å². The van der Waals surface area contributed by atoms with E-state index in [1.807, 2.05) is 42.3 Å². The van der Waals surface area contributed by atoms with Crippen molar-refractivity contribution in [1.29, 1.82) is 0 Å². The third-order valence-corrected chi connectivity index (χ3v) is 7.54. The smallest absolute Gasteiger partial charge is 0.222 e. The summed E-state index contributed by atoms with van der Waals surface area (Å²) in [5.74, 6) is 0.215. The van der Waals surface area contributed by atoms with Crippen LogP contribution < -0.4 is 0 Å². The highest BCUT2D eigenvalue weighted by atomic mass is 32.2. The van der Waals surface area contributed by atoms with Crippen LogP contribution in [0, 0.1) is 5.41 Å². The molecule has 5 nitrogen and oxygen atoms in total. The largest absolute Gasteiger partial charge is 0.342 e. The molecular weight excluding hydrogens is 324 g/mol. The Morgan fingerprint density at radius 3 is 2.67 bits per heavy atom. The van der Waals surface area contributed by atoms with E-state index in [1.165, 1.54) is 4.31 Å². The van der Waals surface area contributed by atoms with E-state index in [9.17, 15) is 13.2 Å². The Kier molecular flexibility index (Phi) is 4.71. The molecule has 1 heterocycles. The SMILES string of the molecule is CN1C(=O)CCC2(CN(C)S(=O)(=O)Cc3ccccc3)CCCC12. The second kappa shape index (κ2) is 6.48. The molecule has 1 saturated carbocycles. The number of benzene rings is 1. The lowest BCUT2D eigenvalue weighted by Gasteiger charge is -2.46. The number of rotatable bonds is 5. The zero-order valence-electron chi connectivity index (χ0n) is 14.4. The van der Waals surface area contributed by atoms with Crippen molar-refractivity contribution in [2.24, 2.45) is 5.41 Å². The number of hydrogen-bond donors (Lipinski definition) is 0. The number of fused-ring (bicyclic) bond motifs is 1. The molecule has 2 aliphatic rings. The third kappa shape index (κ3) is 3.22. The van der Waals surface area contributed by atoms with Crippen LogP contribution in [0.1, 0.15) is 37.7 Å². The van der Waals surface area contributed by atoms with E-state index < -0.39 is 10.0 Å². The molecule has 2 fully saturated rings. The lowest BCUT2D eigenvalue weighted by molar-refractivity contribution is -0.139. The van der Waals surface area contributed by atoms with E-state index in [-0.39, 0.29) is 23.1 Å². The number of carbonyl (C=O) groups excluding carboxylic acids is 1. The van der Waals surface area contributed by atoms with Gasteiger partial charge in [-0.05, 0) is 24.8 Å². The highest BCUT2D eigenvalue weighted by Gasteiger charge is 2.50. The van der Waals surface area contributed by atoms with Crippen LogP contribution >= 0.6 is 0 Å². The maximum Gasteiger partial charge on any atom is 0.222 e. The normalized spacial score (nSPS) is 27.5. The van der Waals surface area contributed by atoms with E-state index in [2.05, 4.69) is 0 Å². The van der Waals surface area contributed by atoms with Crippen molar-refractivity contribution in [1.82, 2.24) is 9.21 Å². The Labute approximate surface area is 144 Å². The fourth-order valence-corrected chi connectivity index (χ4v) is 5.71. The summed E-state index contributed by atoms with van der Waals surface area (Å²) in [6.07, 6.45) is 4.37. The Morgan fingerprint density at radius 2 is 1.96 bits per heavy atom. The quantitative estimate of drug-likeness (QED) is 0.818. The summed E-state index contributed by atoms with van der Waals surface area (Å²) in [6, 6.07) is 9.46. The van der Waals surface area contributed by atoms with Gasteiger partial charge in [0.25, 0.3) is 0 Å². The molecule has 0 N–H and O–H groups in total. The van der Waals surface area contributed by atoms with Gasteiger partial charge < -0.3 is 4.90 Å². The molecule has 0 radical (unpaired) electrons. The highest BCUT2D eigenvalue weighted by Crippen LogP contribution is 2.48. The van der Waals surface area contributed by atoms with Crippen molar-refractivity contribution in [3.63, 3.8) is 0 Å². The highest BCUT2D eigenvalue weighted by molar-refractivity contribution is 7.88. The van der Waals surface area contributed by atoms with Gasteiger partial charge in [-0.2, -0.15) is 0 Å². The summed E-state index contributed by atoms with van der Waals surface area (Å²) in [4.78, 5) is 13.9. The van der Waals surface area contributed by atoms with Gasteiger partial charge >= 0.3 is 0 Å². The molecule has 1 saturated heterocycles. The molecule has 0 bridgehead atoms. The average molecular weight is 350 g/mol. The maximum atomic E-state index is 12.8. The van der Waals surface area contributed by atoms with Gasteiger partial charge in [-0.1, -0.05) is 36.8 Å². The predicted molar refractivity (Wildman–Crippen MR) is 93.8 cm³/mol. The number of piperidine rings is 1. The molecule has 0 aromatic heterocycles. The van der Waals surface area contributed by atoms with Crippen LogP contribution in [0.25, 0.3) is 0 Å². The Bertz CT molecular complexity index is 704. The van der Waals surface area contributed by atoms with Crippen LogP contribution in [0.4, 0.5) is 0 Å².